The first kappa shape index (κ1) is 25.9. The summed E-state index contributed by atoms with van der Waals surface area (Å²) in [5, 5.41) is 13.3. The van der Waals surface area contributed by atoms with Crippen LogP contribution in [0.1, 0.15) is 20.9 Å². The van der Waals surface area contributed by atoms with E-state index in [9.17, 15) is 41.7 Å². The van der Waals surface area contributed by atoms with Gasteiger partial charge in [0, 0.05) is 31.9 Å². The third kappa shape index (κ3) is 4.91. The van der Waals surface area contributed by atoms with Crippen LogP contribution in [-0.4, -0.2) is 47.8 Å². The van der Waals surface area contributed by atoms with Crippen molar-refractivity contribution >= 4 is 40.7 Å². The molecule has 1 aromatic heterocycles. The Balaban J connectivity index is 1.42. The number of nitro groups is 1. The van der Waals surface area contributed by atoms with Crippen molar-refractivity contribution in [2.75, 3.05) is 36.4 Å². The summed E-state index contributed by atoms with van der Waals surface area (Å²) in [7, 11) is 0. The standard InChI is InChI=1S/C22H14ClF5N4O5/c23-11-9-10(29-21(33)13-3-4-14(37-13)32(35)36)1-2-12(11)30-5-7-31(8-6-30)22(34)15-16(24)18(26)20(28)19(27)17(15)25/h1-4,9H,5-8H2,(H,29,33). The Hall–Kier alpha value is -4.20. The molecule has 1 N–H and O–H groups in total. The van der Waals surface area contributed by atoms with Gasteiger partial charge >= 0.3 is 5.88 Å². The van der Waals surface area contributed by atoms with Crippen molar-refractivity contribution in [1.82, 2.24) is 4.90 Å². The lowest BCUT2D eigenvalue weighted by Crippen LogP contribution is -2.49. The van der Waals surface area contributed by atoms with Gasteiger partial charge in [0.1, 0.15) is 10.5 Å². The van der Waals surface area contributed by atoms with Crippen LogP contribution in [0.25, 0.3) is 0 Å². The number of anilines is 2. The maximum Gasteiger partial charge on any atom is 0.433 e. The van der Waals surface area contributed by atoms with Crippen LogP contribution in [0.5, 0.6) is 0 Å². The lowest BCUT2D eigenvalue weighted by molar-refractivity contribution is -0.402. The summed E-state index contributed by atoms with van der Waals surface area (Å²) in [4.78, 5) is 37.3. The predicted octanol–water partition coefficient (Wildman–Crippen LogP) is 4.75. The van der Waals surface area contributed by atoms with E-state index >= 15 is 0 Å². The van der Waals surface area contributed by atoms with Gasteiger partial charge in [-0.2, -0.15) is 0 Å². The molecule has 194 valence electrons. The highest BCUT2D eigenvalue weighted by Gasteiger charge is 2.33. The number of amides is 2. The number of nitrogens with one attached hydrogen (secondary N) is 1. The van der Waals surface area contributed by atoms with Gasteiger partial charge in [0.25, 0.3) is 11.8 Å². The molecule has 4 rings (SSSR count). The first-order valence-corrected chi connectivity index (χ1v) is 10.8. The normalized spacial score (nSPS) is 13.6. The van der Waals surface area contributed by atoms with Crippen molar-refractivity contribution in [3.8, 4) is 0 Å². The molecule has 0 bridgehead atoms. The molecule has 0 saturated carbocycles. The first-order valence-electron chi connectivity index (χ1n) is 10.4. The average Bonchev–Trinajstić information content (AvgIpc) is 3.38. The van der Waals surface area contributed by atoms with Crippen LogP contribution in [0, 0.1) is 39.2 Å². The molecule has 15 heteroatoms. The number of halogens is 6. The fourth-order valence-corrected chi connectivity index (χ4v) is 3.98. The van der Waals surface area contributed by atoms with Crippen molar-refractivity contribution in [3.63, 3.8) is 0 Å². The first-order chi connectivity index (χ1) is 17.5. The maximum absolute atomic E-state index is 14.0. The fraction of sp³-hybridized carbons (Fsp3) is 0.182. The number of piperazine rings is 1. The van der Waals surface area contributed by atoms with E-state index in [1.165, 1.54) is 12.1 Å². The molecule has 1 aliphatic heterocycles. The van der Waals surface area contributed by atoms with Crippen LogP contribution in [-0.2, 0) is 0 Å². The SMILES string of the molecule is O=C(Nc1ccc(N2CCN(C(=O)c3c(F)c(F)c(F)c(F)c3F)CC2)c(Cl)c1)c1ccc([N+](=O)[O-])o1. The molecule has 0 spiro atoms. The second kappa shape index (κ2) is 10.0. The second-order valence-corrected chi connectivity index (χ2v) is 8.15. The smallest absolute Gasteiger partial charge is 0.395 e. The summed E-state index contributed by atoms with van der Waals surface area (Å²) < 4.78 is 73.1. The van der Waals surface area contributed by atoms with Gasteiger partial charge in [0.2, 0.25) is 5.82 Å². The summed E-state index contributed by atoms with van der Waals surface area (Å²) in [5.74, 6) is -14.1. The van der Waals surface area contributed by atoms with E-state index < -0.39 is 57.3 Å². The third-order valence-corrected chi connectivity index (χ3v) is 5.84. The van der Waals surface area contributed by atoms with Crippen LogP contribution < -0.4 is 10.2 Å². The summed E-state index contributed by atoms with van der Waals surface area (Å²) >= 11 is 6.32. The molecule has 2 amide bonds. The van der Waals surface area contributed by atoms with E-state index in [2.05, 4.69) is 5.32 Å². The molecule has 3 aromatic rings. The number of furan rings is 1. The highest BCUT2D eigenvalue weighted by Crippen LogP contribution is 2.31. The number of nitrogens with zero attached hydrogens (tertiary/aromatic N) is 3. The minimum absolute atomic E-state index is 0.107. The van der Waals surface area contributed by atoms with Crippen LogP contribution in [0.15, 0.2) is 34.7 Å². The zero-order valence-corrected chi connectivity index (χ0v) is 19.1. The number of carbonyl (C=O) groups excluding carboxylic acids is 2. The molecule has 0 aliphatic carbocycles. The third-order valence-electron chi connectivity index (χ3n) is 5.53. The maximum atomic E-state index is 14.0. The number of rotatable bonds is 5. The Labute approximate surface area is 209 Å². The van der Waals surface area contributed by atoms with E-state index in [4.69, 9.17) is 16.0 Å². The molecule has 9 nitrogen and oxygen atoms in total. The van der Waals surface area contributed by atoms with Crippen LogP contribution in [0.2, 0.25) is 5.02 Å². The van der Waals surface area contributed by atoms with E-state index in [0.29, 0.717) is 5.69 Å². The summed E-state index contributed by atoms with van der Waals surface area (Å²) in [5.41, 5.74) is -0.792. The highest BCUT2D eigenvalue weighted by atomic mass is 35.5. The van der Waals surface area contributed by atoms with Crippen molar-refractivity contribution < 1.29 is 40.9 Å². The molecular weight excluding hydrogens is 531 g/mol. The molecule has 37 heavy (non-hydrogen) atoms. The Morgan fingerprint density at radius 3 is 2.05 bits per heavy atom. The molecule has 2 aromatic carbocycles. The van der Waals surface area contributed by atoms with Gasteiger partial charge in [-0.05, 0) is 24.3 Å². The van der Waals surface area contributed by atoms with E-state index in [0.717, 1.165) is 17.0 Å². The Kier molecular flexibility index (Phi) is 7.03. The minimum atomic E-state index is -2.35. The quantitative estimate of drug-likeness (QED) is 0.163. The summed E-state index contributed by atoms with van der Waals surface area (Å²) in [6.07, 6.45) is 0. The number of hydrogen-bond acceptors (Lipinski definition) is 6. The summed E-state index contributed by atoms with van der Waals surface area (Å²) in [6.45, 7) is 0.0140. The topological polar surface area (TPSA) is 109 Å². The van der Waals surface area contributed by atoms with Crippen LogP contribution >= 0.6 is 11.6 Å². The van der Waals surface area contributed by atoms with E-state index in [1.54, 1.807) is 11.0 Å². The molecular formula is C22H14ClF5N4O5. The molecule has 2 heterocycles. The Morgan fingerprint density at radius 2 is 1.51 bits per heavy atom. The van der Waals surface area contributed by atoms with Gasteiger partial charge in [0.05, 0.1) is 16.8 Å². The predicted molar refractivity (Wildman–Crippen MR) is 119 cm³/mol. The van der Waals surface area contributed by atoms with Gasteiger partial charge in [-0.1, -0.05) is 11.6 Å². The number of benzene rings is 2. The molecule has 1 fully saturated rings. The van der Waals surface area contributed by atoms with Gasteiger partial charge < -0.3 is 19.5 Å². The Bertz CT molecular complexity index is 1400. The molecule has 0 atom stereocenters. The zero-order valence-electron chi connectivity index (χ0n) is 18.4. The zero-order chi connectivity index (χ0) is 27.0. The van der Waals surface area contributed by atoms with Crippen molar-refractivity contribution in [1.29, 1.82) is 0 Å². The largest absolute Gasteiger partial charge is 0.433 e. The highest BCUT2D eigenvalue weighted by molar-refractivity contribution is 6.33. The van der Waals surface area contributed by atoms with Gasteiger partial charge in [-0.3, -0.25) is 19.7 Å². The monoisotopic (exact) mass is 544 g/mol. The second-order valence-electron chi connectivity index (χ2n) is 7.74. The average molecular weight is 545 g/mol. The van der Waals surface area contributed by atoms with Crippen molar-refractivity contribution in [2.24, 2.45) is 0 Å². The van der Waals surface area contributed by atoms with Gasteiger partial charge in [-0.25, -0.2) is 22.0 Å². The number of hydrogen-bond donors (Lipinski definition) is 1. The van der Waals surface area contributed by atoms with E-state index in [-0.39, 0.29) is 42.6 Å². The molecule has 0 radical (unpaired) electrons. The molecule has 0 unspecified atom stereocenters. The fourth-order valence-electron chi connectivity index (χ4n) is 3.68. The van der Waals surface area contributed by atoms with Crippen LogP contribution in [0.3, 0.4) is 0 Å². The lowest BCUT2D eigenvalue weighted by Gasteiger charge is -2.36. The molecule has 1 aliphatic rings. The van der Waals surface area contributed by atoms with Crippen molar-refractivity contribution in [2.45, 2.75) is 0 Å². The number of carbonyl (C=O) groups is 2. The van der Waals surface area contributed by atoms with Crippen molar-refractivity contribution in [3.05, 3.63) is 85.9 Å². The Morgan fingerprint density at radius 1 is 0.919 bits per heavy atom. The summed E-state index contributed by atoms with van der Waals surface area (Å²) in [6, 6.07) is 6.60. The van der Waals surface area contributed by atoms with Crippen LogP contribution in [0.4, 0.5) is 39.2 Å². The minimum Gasteiger partial charge on any atom is -0.395 e. The van der Waals surface area contributed by atoms with E-state index in [1.807, 2.05) is 0 Å². The molecule has 1 saturated heterocycles. The lowest BCUT2D eigenvalue weighted by atomic mass is 10.1. The van der Waals surface area contributed by atoms with Gasteiger partial charge in [0.15, 0.2) is 29.0 Å². The van der Waals surface area contributed by atoms with Gasteiger partial charge in [-0.15, -0.1) is 0 Å².